The van der Waals surface area contributed by atoms with Crippen LogP contribution >= 0.6 is 0 Å². The standard InChI is InChI=1S/C17H31N3O/c1-6-14(11(2)18)16-19-15(20-21-16)12-7-9-13(10-8-12)17(3,4)5/h11-14H,6-10,18H2,1-5H3. The molecule has 2 atom stereocenters. The summed E-state index contributed by atoms with van der Waals surface area (Å²) in [6.07, 6.45) is 5.83. The fourth-order valence-corrected chi connectivity index (χ4v) is 3.55. The zero-order valence-electron chi connectivity index (χ0n) is 14.2. The Hall–Kier alpha value is -0.900. The van der Waals surface area contributed by atoms with Crippen molar-refractivity contribution < 1.29 is 4.52 Å². The minimum Gasteiger partial charge on any atom is -0.339 e. The Bertz CT molecular complexity index is 439. The number of nitrogens with two attached hydrogens (primary N) is 1. The van der Waals surface area contributed by atoms with Gasteiger partial charge in [0.15, 0.2) is 5.82 Å². The normalized spacial score (nSPS) is 26.6. The van der Waals surface area contributed by atoms with Crippen molar-refractivity contribution in [2.45, 2.75) is 84.6 Å². The van der Waals surface area contributed by atoms with Crippen LogP contribution in [-0.2, 0) is 0 Å². The van der Waals surface area contributed by atoms with Gasteiger partial charge in [0.25, 0.3) is 0 Å². The van der Waals surface area contributed by atoms with Crippen LogP contribution in [0.1, 0.15) is 90.3 Å². The summed E-state index contributed by atoms with van der Waals surface area (Å²) in [5, 5.41) is 4.24. The Morgan fingerprint density at radius 3 is 2.33 bits per heavy atom. The highest BCUT2D eigenvalue weighted by Gasteiger charge is 2.32. The molecule has 1 saturated carbocycles. The molecule has 0 saturated heterocycles. The van der Waals surface area contributed by atoms with E-state index in [2.05, 4.69) is 37.8 Å². The third kappa shape index (κ3) is 3.85. The van der Waals surface area contributed by atoms with Gasteiger partial charge in [0.2, 0.25) is 5.89 Å². The molecule has 4 nitrogen and oxygen atoms in total. The maximum atomic E-state index is 6.01. The van der Waals surface area contributed by atoms with Crippen LogP contribution in [0.5, 0.6) is 0 Å². The molecule has 0 amide bonds. The van der Waals surface area contributed by atoms with Crippen molar-refractivity contribution in [1.29, 1.82) is 0 Å². The highest BCUT2D eigenvalue weighted by Crippen LogP contribution is 2.42. The Kier molecular flexibility index (Phi) is 5.07. The number of nitrogens with zero attached hydrogens (tertiary/aromatic N) is 2. The fourth-order valence-electron chi connectivity index (χ4n) is 3.55. The summed E-state index contributed by atoms with van der Waals surface area (Å²) in [4.78, 5) is 4.66. The topological polar surface area (TPSA) is 64.9 Å². The summed E-state index contributed by atoms with van der Waals surface area (Å²) in [5.41, 5.74) is 6.42. The Morgan fingerprint density at radius 2 is 1.86 bits per heavy atom. The molecular weight excluding hydrogens is 262 g/mol. The van der Waals surface area contributed by atoms with Crippen LogP contribution < -0.4 is 5.73 Å². The summed E-state index contributed by atoms with van der Waals surface area (Å²) in [6.45, 7) is 11.2. The van der Waals surface area contributed by atoms with Gasteiger partial charge in [-0.25, -0.2) is 0 Å². The molecule has 0 bridgehead atoms. The lowest BCUT2D eigenvalue weighted by atomic mass is 9.70. The second kappa shape index (κ2) is 6.47. The fraction of sp³-hybridized carbons (Fsp3) is 0.882. The van der Waals surface area contributed by atoms with Gasteiger partial charge in [-0.2, -0.15) is 4.98 Å². The van der Waals surface area contributed by atoms with Crippen LogP contribution in [0, 0.1) is 11.3 Å². The first-order valence-corrected chi connectivity index (χ1v) is 8.42. The molecule has 0 spiro atoms. The van der Waals surface area contributed by atoms with E-state index in [1.165, 1.54) is 25.7 Å². The van der Waals surface area contributed by atoms with E-state index in [4.69, 9.17) is 10.3 Å². The predicted molar refractivity (Wildman–Crippen MR) is 85.1 cm³/mol. The molecule has 1 heterocycles. The minimum atomic E-state index is 0.0555. The molecule has 21 heavy (non-hydrogen) atoms. The van der Waals surface area contributed by atoms with Crippen molar-refractivity contribution in [2.24, 2.45) is 17.1 Å². The highest BCUT2D eigenvalue weighted by atomic mass is 16.5. The largest absolute Gasteiger partial charge is 0.339 e. The Morgan fingerprint density at radius 1 is 1.24 bits per heavy atom. The summed E-state index contributed by atoms with van der Waals surface area (Å²) in [6, 6.07) is 0.0555. The second-order valence-corrected chi connectivity index (χ2v) is 7.78. The van der Waals surface area contributed by atoms with E-state index >= 15 is 0 Å². The third-order valence-corrected chi connectivity index (χ3v) is 5.17. The molecule has 0 aromatic carbocycles. The lowest BCUT2D eigenvalue weighted by molar-refractivity contribution is 0.166. The average Bonchev–Trinajstić information content (AvgIpc) is 2.88. The van der Waals surface area contributed by atoms with Crippen LogP contribution in [0.3, 0.4) is 0 Å². The van der Waals surface area contributed by atoms with Crippen LogP contribution in [0.15, 0.2) is 4.52 Å². The van der Waals surface area contributed by atoms with Gasteiger partial charge >= 0.3 is 0 Å². The first-order chi connectivity index (χ1) is 9.82. The van der Waals surface area contributed by atoms with E-state index in [0.29, 0.717) is 11.3 Å². The van der Waals surface area contributed by atoms with E-state index < -0.39 is 0 Å². The zero-order chi connectivity index (χ0) is 15.6. The van der Waals surface area contributed by atoms with Gasteiger partial charge in [-0.15, -0.1) is 0 Å². The van der Waals surface area contributed by atoms with E-state index in [1.807, 2.05) is 6.92 Å². The van der Waals surface area contributed by atoms with Crippen molar-refractivity contribution in [1.82, 2.24) is 10.1 Å². The van der Waals surface area contributed by atoms with Gasteiger partial charge in [0, 0.05) is 12.0 Å². The van der Waals surface area contributed by atoms with E-state index in [1.54, 1.807) is 0 Å². The Balaban J connectivity index is 2.00. The smallest absolute Gasteiger partial charge is 0.231 e. The van der Waals surface area contributed by atoms with Crippen LogP contribution in [0.25, 0.3) is 0 Å². The van der Waals surface area contributed by atoms with Crippen LogP contribution in [-0.4, -0.2) is 16.2 Å². The highest BCUT2D eigenvalue weighted by molar-refractivity contribution is 5.03. The lowest BCUT2D eigenvalue weighted by Gasteiger charge is -2.36. The van der Waals surface area contributed by atoms with Gasteiger partial charge in [-0.05, 0) is 50.4 Å². The molecule has 1 aromatic rings. The average molecular weight is 293 g/mol. The van der Waals surface area contributed by atoms with Gasteiger partial charge in [0.05, 0.1) is 5.92 Å². The number of aromatic nitrogens is 2. The zero-order valence-corrected chi connectivity index (χ0v) is 14.2. The van der Waals surface area contributed by atoms with E-state index in [9.17, 15) is 0 Å². The SMILES string of the molecule is CCC(c1nc(C2CCC(C(C)(C)C)CC2)no1)C(C)N. The molecule has 1 aromatic heterocycles. The van der Waals surface area contributed by atoms with Gasteiger partial charge in [-0.3, -0.25) is 0 Å². The summed E-state index contributed by atoms with van der Waals surface area (Å²) in [7, 11) is 0. The molecule has 4 heteroatoms. The maximum Gasteiger partial charge on any atom is 0.231 e. The van der Waals surface area contributed by atoms with Crippen molar-refractivity contribution in [2.75, 3.05) is 0 Å². The molecule has 120 valence electrons. The first-order valence-electron chi connectivity index (χ1n) is 8.42. The number of hydrogen-bond donors (Lipinski definition) is 1. The van der Waals surface area contributed by atoms with Gasteiger partial charge in [-0.1, -0.05) is 32.9 Å². The molecule has 0 aliphatic heterocycles. The van der Waals surface area contributed by atoms with Gasteiger partial charge < -0.3 is 10.3 Å². The predicted octanol–water partition coefficient (Wildman–Crippen LogP) is 4.23. The number of rotatable bonds is 4. The van der Waals surface area contributed by atoms with Crippen LogP contribution in [0.2, 0.25) is 0 Å². The van der Waals surface area contributed by atoms with Crippen molar-refractivity contribution in [3.05, 3.63) is 11.7 Å². The monoisotopic (exact) mass is 293 g/mol. The maximum absolute atomic E-state index is 6.01. The quantitative estimate of drug-likeness (QED) is 0.902. The molecule has 2 N–H and O–H groups in total. The number of hydrogen-bond acceptors (Lipinski definition) is 4. The first kappa shape index (κ1) is 16.5. The van der Waals surface area contributed by atoms with E-state index in [-0.39, 0.29) is 12.0 Å². The van der Waals surface area contributed by atoms with Crippen molar-refractivity contribution >= 4 is 0 Å². The van der Waals surface area contributed by atoms with Crippen molar-refractivity contribution in [3.8, 4) is 0 Å². The Labute approximate surface area is 128 Å². The minimum absolute atomic E-state index is 0.0555. The molecule has 1 aliphatic carbocycles. The molecular formula is C17H31N3O. The summed E-state index contributed by atoms with van der Waals surface area (Å²) >= 11 is 0. The molecule has 2 rings (SSSR count). The van der Waals surface area contributed by atoms with Crippen LogP contribution in [0.4, 0.5) is 0 Å². The van der Waals surface area contributed by atoms with E-state index in [0.717, 1.165) is 24.1 Å². The molecule has 0 radical (unpaired) electrons. The van der Waals surface area contributed by atoms with Gasteiger partial charge in [0.1, 0.15) is 0 Å². The van der Waals surface area contributed by atoms with Crippen molar-refractivity contribution in [3.63, 3.8) is 0 Å². The second-order valence-electron chi connectivity index (χ2n) is 7.78. The molecule has 1 fully saturated rings. The molecule has 2 unspecified atom stereocenters. The lowest BCUT2D eigenvalue weighted by Crippen LogP contribution is -2.26. The third-order valence-electron chi connectivity index (χ3n) is 5.17. The summed E-state index contributed by atoms with van der Waals surface area (Å²) < 4.78 is 5.49. The molecule has 1 aliphatic rings. The summed E-state index contributed by atoms with van der Waals surface area (Å²) in [5.74, 6) is 3.08.